The lowest BCUT2D eigenvalue weighted by molar-refractivity contribution is -0.140. The fourth-order valence-electron chi connectivity index (χ4n) is 5.84. The molecule has 1 aromatic carbocycles. The molecule has 1 aliphatic heterocycles. The molecule has 0 radical (unpaired) electrons. The summed E-state index contributed by atoms with van der Waals surface area (Å²) in [4.78, 5) is 53.7. The molecule has 8 heteroatoms. The van der Waals surface area contributed by atoms with E-state index in [2.05, 4.69) is 15.9 Å². The van der Waals surface area contributed by atoms with Gasteiger partial charge in [-0.2, -0.15) is 0 Å². The van der Waals surface area contributed by atoms with Gasteiger partial charge in [0.05, 0.1) is 16.3 Å². The molecule has 1 N–H and O–H groups in total. The molecule has 1 saturated heterocycles. The number of carbonyl (C=O) groups excluding carboxylic acids is 4. The lowest BCUT2D eigenvalue weighted by Gasteiger charge is -2.42. The van der Waals surface area contributed by atoms with Crippen LogP contribution < -0.4 is 0 Å². The minimum Gasteiger partial charge on any atom is -0.505 e. The first-order valence-corrected chi connectivity index (χ1v) is 11.8. The number of fused-ring (bicyclic) bond motifs is 3. The molecule has 0 saturated carbocycles. The Morgan fingerprint density at radius 1 is 1.15 bits per heavy atom. The number of amides is 2. The van der Waals surface area contributed by atoms with Gasteiger partial charge in [-0.05, 0) is 47.2 Å². The number of nitrogens with zero attached hydrogens (tertiary/aromatic N) is 1. The number of Topliss-reactive ketones (excluding diaryl/α,β-unsaturated/α-hetero) is 1. The molecule has 170 valence electrons. The van der Waals surface area contributed by atoms with Crippen molar-refractivity contribution in [2.45, 2.75) is 32.1 Å². The summed E-state index contributed by atoms with van der Waals surface area (Å²) in [6, 6.07) is 4.08. The number of likely N-dealkylation sites (tertiary alicyclic amines) is 1. The van der Waals surface area contributed by atoms with E-state index in [0.29, 0.717) is 25.0 Å². The first kappa shape index (κ1) is 21.9. The number of imide groups is 1. The van der Waals surface area contributed by atoms with Crippen molar-refractivity contribution in [2.24, 2.45) is 17.8 Å². The Morgan fingerprint density at radius 3 is 2.64 bits per heavy atom. The Hall–Kier alpha value is -2.87. The van der Waals surface area contributed by atoms with Gasteiger partial charge in [0, 0.05) is 35.2 Å². The quantitative estimate of drug-likeness (QED) is 0.378. The minimum absolute atomic E-state index is 0.120. The number of phenolic OH excluding ortho intramolecular Hbond substituents is 1. The zero-order valence-corrected chi connectivity index (χ0v) is 19.4. The van der Waals surface area contributed by atoms with Crippen LogP contribution in [0.5, 0.6) is 5.75 Å². The van der Waals surface area contributed by atoms with Gasteiger partial charge in [0.15, 0.2) is 23.1 Å². The number of carbonyl (C=O) groups is 4. The van der Waals surface area contributed by atoms with Crippen molar-refractivity contribution in [3.05, 3.63) is 62.9 Å². The summed E-state index contributed by atoms with van der Waals surface area (Å²) < 4.78 is 14.4. The molecule has 3 aliphatic carbocycles. The molecular formula is C25H21BrFNO5. The second kappa shape index (κ2) is 7.87. The molecule has 0 aromatic heterocycles. The standard InChI is InChI=1S/C25H21BrFNO5/c1-2-8-28-24(32)13-7-6-11-14(20(13)25(28)33)9-15-21(18(29)10-16(26)22(15)30)19(11)12-4-3-5-17(27)23(12)31/h3-6,10,13-14,19-20,31H,2,7-9H2,1H3. The number of ketones is 2. The molecule has 2 amide bonds. The Balaban J connectivity index is 1.70. The summed E-state index contributed by atoms with van der Waals surface area (Å²) >= 11 is 3.16. The highest BCUT2D eigenvalue weighted by Crippen LogP contribution is 2.56. The number of para-hydroxylation sites is 1. The molecule has 4 atom stereocenters. The lowest BCUT2D eigenvalue weighted by Crippen LogP contribution is -2.39. The fourth-order valence-corrected chi connectivity index (χ4v) is 6.28. The lowest BCUT2D eigenvalue weighted by atomic mass is 9.59. The van der Waals surface area contributed by atoms with E-state index in [4.69, 9.17) is 0 Å². The average molecular weight is 514 g/mol. The van der Waals surface area contributed by atoms with Gasteiger partial charge in [-0.15, -0.1) is 0 Å². The second-order valence-corrected chi connectivity index (χ2v) is 9.75. The van der Waals surface area contributed by atoms with Gasteiger partial charge in [0.2, 0.25) is 11.8 Å². The predicted molar refractivity (Wildman–Crippen MR) is 120 cm³/mol. The second-order valence-electron chi connectivity index (χ2n) is 8.90. The molecule has 1 heterocycles. The van der Waals surface area contributed by atoms with Gasteiger partial charge in [-0.3, -0.25) is 24.1 Å². The van der Waals surface area contributed by atoms with Gasteiger partial charge in [-0.25, -0.2) is 4.39 Å². The first-order valence-electron chi connectivity index (χ1n) is 11.0. The zero-order valence-electron chi connectivity index (χ0n) is 17.8. The van der Waals surface area contributed by atoms with Crippen LogP contribution in [0, 0.1) is 23.6 Å². The van der Waals surface area contributed by atoms with Crippen molar-refractivity contribution in [1.29, 1.82) is 0 Å². The molecular weight excluding hydrogens is 493 g/mol. The third-order valence-electron chi connectivity index (χ3n) is 7.20. The molecule has 1 aromatic rings. The highest BCUT2D eigenvalue weighted by molar-refractivity contribution is 9.12. The third-order valence-corrected chi connectivity index (χ3v) is 7.79. The molecule has 5 rings (SSSR count). The maximum atomic E-state index is 14.3. The Labute approximate surface area is 198 Å². The number of hydrogen-bond acceptors (Lipinski definition) is 5. The van der Waals surface area contributed by atoms with E-state index in [1.54, 1.807) is 0 Å². The van der Waals surface area contributed by atoms with E-state index in [1.165, 1.54) is 23.1 Å². The van der Waals surface area contributed by atoms with Crippen LogP contribution >= 0.6 is 15.9 Å². The highest BCUT2D eigenvalue weighted by Gasteiger charge is 2.56. The number of phenols is 1. The van der Waals surface area contributed by atoms with Gasteiger partial charge >= 0.3 is 0 Å². The van der Waals surface area contributed by atoms with Crippen LogP contribution in [0.3, 0.4) is 0 Å². The topological polar surface area (TPSA) is 91.8 Å². The van der Waals surface area contributed by atoms with E-state index in [9.17, 15) is 28.7 Å². The Kier molecular flexibility index (Phi) is 5.23. The van der Waals surface area contributed by atoms with Crippen LogP contribution in [0.2, 0.25) is 0 Å². The van der Waals surface area contributed by atoms with E-state index >= 15 is 0 Å². The number of benzene rings is 1. The monoisotopic (exact) mass is 513 g/mol. The summed E-state index contributed by atoms with van der Waals surface area (Å²) in [5.74, 6) is -5.19. The van der Waals surface area contributed by atoms with E-state index < -0.39 is 41.0 Å². The van der Waals surface area contributed by atoms with Crippen LogP contribution in [-0.4, -0.2) is 39.9 Å². The normalized spacial score (nSPS) is 29.0. The van der Waals surface area contributed by atoms with Crippen molar-refractivity contribution < 1.29 is 28.7 Å². The molecule has 0 bridgehead atoms. The number of rotatable bonds is 3. The largest absolute Gasteiger partial charge is 0.505 e. The zero-order chi connectivity index (χ0) is 23.6. The molecule has 0 spiro atoms. The maximum absolute atomic E-state index is 14.3. The van der Waals surface area contributed by atoms with Crippen LogP contribution in [0.15, 0.2) is 51.6 Å². The predicted octanol–water partition coefficient (Wildman–Crippen LogP) is 3.70. The van der Waals surface area contributed by atoms with Crippen molar-refractivity contribution in [3.63, 3.8) is 0 Å². The SMILES string of the molecule is CCCN1C(=O)C2CC=C3C(c4cccc(F)c4O)C4=C(CC3C2C1=O)C(=O)C(Br)=CC4=O. The maximum Gasteiger partial charge on any atom is 0.233 e. The van der Waals surface area contributed by atoms with Gasteiger partial charge in [0.1, 0.15) is 0 Å². The smallest absolute Gasteiger partial charge is 0.233 e. The van der Waals surface area contributed by atoms with E-state index in [1.807, 2.05) is 13.0 Å². The van der Waals surface area contributed by atoms with Gasteiger partial charge in [-0.1, -0.05) is 30.7 Å². The summed E-state index contributed by atoms with van der Waals surface area (Å²) in [6.07, 6.45) is 4.14. The van der Waals surface area contributed by atoms with E-state index in [-0.39, 0.29) is 45.2 Å². The molecule has 1 fully saturated rings. The number of hydrogen-bond donors (Lipinski definition) is 1. The van der Waals surface area contributed by atoms with Crippen LogP contribution in [0.4, 0.5) is 4.39 Å². The van der Waals surface area contributed by atoms with Crippen molar-refractivity contribution in [3.8, 4) is 5.75 Å². The van der Waals surface area contributed by atoms with Gasteiger partial charge < -0.3 is 5.11 Å². The molecule has 4 aliphatic rings. The van der Waals surface area contributed by atoms with Gasteiger partial charge in [0.25, 0.3) is 0 Å². The fraction of sp³-hybridized carbons (Fsp3) is 0.360. The van der Waals surface area contributed by atoms with Crippen molar-refractivity contribution >= 4 is 39.3 Å². The minimum atomic E-state index is -0.869. The Bertz CT molecular complexity index is 1230. The summed E-state index contributed by atoms with van der Waals surface area (Å²) in [5.41, 5.74) is 1.31. The number of allylic oxidation sites excluding steroid dienone is 6. The number of aromatic hydroxyl groups is 1. The molecule has 4 unspecified atom stereocenters. The van der Waals surface area contributed by atoms with Crippen molar-refractivity contribution in [1.82, 2.24) is 4.90 Å². The summed E-state index contributed by atoms with van der Waals surface area (Å²) in [7, 11) is 0. The first-order chi connectivity index (χ1) is 15.8. The average Bonchev–Trinajstić information content (AvgIpc) is 3.03. The van der Waals surface area contributed by atoms with E-state index in [0.717, 1.165) is 6.07 Å². The third kappa shape index (κ3) is 3.10. The summed E-state index contributed by atoms with van der Waals surface area (Å²) in [6.45, 7) is 2.23. The van der Waals surface area contributed by atoms with Crippen molar-refractivity contribution in [2.75, 3.05) is 6.54 Å². The molecule has 6 nitrogen and oxygen atoms in total. The van der Waals surface area contributed by atoms with Crippen LogP contribution in [0.1, 0.15) is 37.7 Å². The Morgan fingerprint density at radius 2 is 1.91 bits per heavy atom. The van der Waals surface area contributed by atoms with Crippen LogP contribution in [-0.2, 0) is 19.2 Å². The molecule has 33 heavy (non-hydrogen) atoms. The number of halogens is 2. The summed E-state index contributed by atoms with van der Waals surface area (Å²) in [5, 5.41) is 10.6. The van der Waals surface area contributed by atoms with Crippen LogP contribution in [0.25, 0.3) is 0 Å². The highest BCUT2D eigenvalue weighted by atomic mass is 79.9.